The molecule has 49 heavy (non-hydrogen) atoms. The molecule has 4 fully saturated rings. The molecule has 0 atom stereocenters. The van der Waals surface area contributed by atoms with E-state index in [-0.39, 0.29) is 24.8 Å². The standard InChI is InChI=1S/C31H29.C10H14.C5H5.2ClH.Ti/c1-18-11-20(3)30(21(4)12-18)24-7-9-28-26(15-24)17-27-16-25(8-10-29(27)28)31-22(5)13-19(2)14-23(31)6;1-7-2-9-4-8(1)5-10(3-7)6-9;1-2-4-5-3-1;;;/h7-17H,1-6H3;7-10H,1-5H2;1-3H,4H2;2*1H;/q;;;;;+2/p-2. The molecule has 0 aliphatic heterocycles. The quantitative estimate of drug-likeness (QED) is 0.226. The maximum atomic E-state index is 2.67. The topological polar surface area (TPSA) is 0 Å². The molecule has 0 heterocycles. The van der Waals surface area contributed by atoms with Crippen LogP contribution in [0.2, 0.25) is 0 Å². The molecule has 6 aliphatic carbocycles. The maximum absolute atomic E-state index is 2.67. The molecular weight excluding hydrogens is 671 g/mol. The Morgan fingerprint density at radius 2 is 1.00 bits per heavy atom. The van der Waals surface area contributed by atoms with Gasteiger partial charge >= 0.3 is 290 Å². The van der Waals surface area contributed by atoms with Gasteiger partial charge in [0.25, 0.3) is 0 Å². The van der Waals surface area contributed by atoms with Crippen molar-refractivity contribution in [3.63, 3.8) is 0 Å². The molecule has 0 aromatic heterocycles. The van der Waals surface area contributed by atoms with Crippen LogP contribution < -0.4 is 24.8 Å². The van der Waals surface area contributed by atoms with E-state index in [1.165, 1.54) is 105 Å². The Morgan fingerprint density at radius 1 is 0.551 bits per heavy atom. The van der Waals surface area contributed by atoms with Gasteiger partial charge in [-0.3, -0.25) is 0 Å². The van der Waals surface area contributed by atoms with Gasteiger partial charge in [0.1, 0.15) is 0 Å². The summed E-state index contributed by atoms with van der Waals surface area (Å²) in [5, 5.41) is 0. The van der Waals surface area contributed by atoms with Crippen LogP contribution in [-0.2, 0) is 17.4 Å². The molecule has 6 aliphatic rings. The summed E-state index contributed by atoms with van der Waals surface area (Å²) < 4.78 is 4.46. The third-order valence-corrected chi connectivity index (χ3v) is 18.5. The molecule has 4 saturated carbocycles. The minimum atomic E-state index is -1.97. The van der Waals surface area contributed by atoms with Crippen molar-refractivity contribution >= 4 is 3.81 Å². The van der Waals surface area contributed by atoms with Crippen LogP contribution in [0.25, 0.3) is 33.4 Å². The van der Waals surface area contributed by atoms with Gasteiger partial charge in [-0.25, -0.2) is 0 Å². The Balaban J connectivity index is 0.00000189. The number of allylic oxidation sites excluding steroid dienone is 4. The molecule has 4 aromatic rings. The zero-order valence-electron chi connectivity index (χ0n) is 29.9. The first-order chi connectivity index (χ1) is 22.7. The Bertz CT molecular complexity index is 1910. The van der Waals surface area contributed by atoms with Crippen LogP contribution in [0.15, 0.2) is 82.8 Å². The van der Waals surface area contributed by atoms with Crippen molar-refractivity contribution in [2.24, 2.45) is 23.7 Å². The molecule has 0 amide bonds. The van der Waals surface area contributed by atoms with Crippen LogP contribution in [0.5, 0.6) is 0 Å². The second-order valence-corrected chi connectivity index (χ2v) is 20.2. The van der Waals surface area contributed by atoms with Crippen molar-refractivity contribution in [2.75, 3.05) is 0 Å². The summed E-state index contributed by atoms with van der Waals surface area (Å²) in [5.41, 5.74) is 20.3. The van der Waals surface area contributed by atoms with Crippen molar-refractivity contribution in [3.8, 4) is 33.4 Å². The van der Waals surface area contributed by atoms with E-state index in [0.29, 0.717) is 4.22 Å². The van der Waals surface area contributed by atoms with Gasteiger partial charge in [-0.1, -0.05) is 0 Å². The Kier molecular flexibility index (Phi) is 9.45. The second kappa shape index (κ2) is 13.3. The minimum absolute atomic E-state index is 0. The number of halogens is 2. The van der Waals surface area contributed by atoms with Crippen molar-refractivity contribution < 1.29 is 42.2 Å². The predicted octanol–water partition coefficient (Wildman–Crippen LogP) is 6.04. The number of rotatable bonds is 4. The van der Waals surface area contributed by atoms with Crippen LogP contribution >= 0.6 is 0 Å². The minimum Gasteiger partial charge on any atom is -1.00 e. The number of hydrogen-bond acceptors (Lipinski definition) is 0. The fraction of sp³-hybridized carbons (Fsp3) is 0.370. The SMILES string of the molecule is Cc1cc(C)c(-c2ccc3c(c2)[CH]([Ti+2]([C]2=CC=CC2)=[C]2C4CC5CC(C4)CC2C5)c2cc(-c4c(C)cc(C)cc4C)ccc2-3)c(C)c1.[Cl-].[Cl-]. The van der Waals surface area contributed by atoms with Crippen LogP contribution in [-0.4, -0.2) is 3.81 Å². The predicted molar refractivity (Wildman–Crippen MR) is 197 cm³/mol. The molecule has 0 N–H and O–H groups in total. The van der Waals surface area contributed by atoms with E-state index in [0.717, 1.165) is 23.7 Å². The van der Waals surface area contributed by atoms with E-state index in [4.69, 9.17) is 0 Å². The zero-order chi connectivity index (χ0) is 32.1. The zero-order valence-corrected chi connectivity index (χ0v) is 33.0. The van der Waals surface area contributed by atoms with Crippen molar-refractivity contribution in [2.45, 2.75) is 84.3 Å². The molecular formula is C46H48Cl2Ti. The fourth-order valence-electron chi connectivity index (χ4n) is 11.5. The summed E-state index contributed by atoms with van der Waals surface area (Å²) in [7, 11) is 0. The van der Waals surface area contributed by atoms with Crippen molar-refractivity contribution in [1.29, 1.82) is 0 Å². The second-order valence-electron chi connectivity index (χ2n) is 16.1. The monoisotopic (exact) mass is 718 g/mol. The number of fused-ring (bicyclic) bond motifs is 3. The summed E-state index contributed by atoms with van der Waals surface area (Å²) in [5.74, 6) is 3.75. The molecule has 3 heteroatoms. The number of aryl methyl sites for hydroxylation is 6. The van der Waals surface area contributed by atoms with Gasteiger partial charge in [0.05, 0.1) is 0 Å². The Labute approximate surface area is 312 Å². The summed E-state index contributed by atoms with van der Waals surface area (Å²) >= 11 is -1.97. The van der Waals surface area contributed by atoms with Crippen LogP contribution in [0.4, 0.5) is 0 Å². The van der Waals surface area contributed by atoms with Crippen molar-refractivity contribution in [1.82, 2.24) is 0 Å². The summed E-state index contributed by atoms with van der Waals surface area (Å²) in [6.45, 7) is 13.7. The fourth-order valence-corrected chi connectivity index (χ4v) is 17.9. The van der Waals surface area contributed by atoms with Gasteiger partial charge < -0.3 is 24.8 Å². The van der Waals surface area contributed by atoms with Gasteiger partial charge in [0.2, 0.25) is 0 Å². The number of benzene rings is 4. The van der Waals surface area contributed by atoms with Crippen LogP contribution in [0, 0.1) is 65.2 Å². The molecule has 0 nitrogen and oxygen atoms in total. The summed E-state index contributed by atoms with van der Waals surface area (Å²) in [6.07, 6.45) is 16.1. The van der Waals surface area contributed by atoms with Gasteiger partial charge in [0, 0.05) is 0 Å². The largest absolute Gasteiger partial charge is 1.00 e. The molecule has 0 spiro atoms. The molecule has 0 saturated heterocycles. The van der Waals surface area contributed by atoms with E-state index in [1.54, 1.807) is 11.1 Å². The van der Waals surface area contributed by atoms with Gasteiger partial charge in [-0.15, -0.1) is 0 Å². The van der Waals surface area contributed by atoms with E-state index in [2.05, 4.69) is 124 Å². The first-order valence-corrected chi connectivity index (χ1v) is 20.7. The Morgan fingerprint density at radius 3 is 1.41 bits per heavy atom. The average molecular weight is 720 g/mol. The summed E-state index contributed by atoms with van der Waals surface area (Å²) in [4.78, 5) is 0. The average Bonchev–Trinajstić information content (AvgIpc) is 3.64. The van der Waals surface area contributed by atoms with Crippen LogP contribution in [0.1, 0.15) is 87.3 Å². The van der Waals surface area contributed by atoms with Gasteiger partial charge in [-0.2, -0.15) is 0 Å². The molecule has 250 valence electrons. The molecule has 4 bridgehead atoms. The molecule has 4 aromatic carbocycles. The summed E-state index contributed by atoms with van der Waals surface area (Å²) in [6, 6.07) is 24.7. The van der Waals surface area contributed by atoms with E-state index in [1.807, 2.05) is 3.88 Å². The first kappa shape index (κ1) is 34.9. The van der Waals surface area contributed by atoms with Gasteiger partial charge in [-0.05, 0) is 0 Å². The third-order valence-electron chi connectivity index (χ3n) is 12.7. The smallest absolute Gasteiger partial charge is 1.00 e. The normalized spacial score (nSPS) is 22.6. The van der Waals surface area contributed by atoms with E-state index < -0.39 is 17.4 Å². The van der Waals surface area contributed by atoms with E-state index >= 15 is 0 Å². The molecule has 0 radical (unpaired) electrons. The maximum Gasteiger partial charge on any atom is -1.00 e. The number of hydrogen-bond donors (Lipinski definition) is 0. The third kappa shape index (κ3) is 5.74. The first-order valence-electron chi connectivity index (χ1n) is 18.3. The van der Waals surface area contributed by atoms with Gasteiger partial charge in [0.15, 0.2) is 0 Å². The Hall–Kier alpha value is -2.48. The van der Waals surface area contributed by atoms with Crippen LogP contribution in [0.3, 0.4) is 0 Å². The molecule has 10 rings (SSSR count). The molecule has 0 unspecified atom stereocenters. The van der Waals surface area contributed by atoms with E-state index in [9.17, 15) is 0 Å². The van der Waals surface area contributed by atoms with Crippen molar-refractivity contribution in [3.05, 3.63) is 127 Å².